The highest BCUT2D eigenvalue weighted by atomic mass is 16.5. The summed E-state index contributed by atoms with van der Waals surface area (Å²) < 4.78 is 5.80. The molecule has 26 heavy (non-hydrogen) atoms. The number of nitrogens with two attached hydrogens (primary N) is 1. The largest absolute Gasteiger partial charge is 0.476 e. The fourth-order valence-corrected chi connectivity index (χ4v) is 2.82. The lowest BCUT2D eigenvalue weighted by molar-refractivity contribution is -0.130. The maximum atomic E-state index is 13.0. The van der Waals surface area contributed by atoms with E-state index in [2.05, 4.69) is 10.3 Å². The van der Waals surface area contributed by atoms with Crippen LogP contribution in [0.4, 0.5) is 17.3 Å². The van der Waals surface area contributed by atoms with Gasteiger partial charge >= 0.3 is 0 Å². The van der Waals surface area contributed by atoms with Crippen molar-refractivity contribution in [3.63, 3.8) is 0 Å². The molecule has 1 aromatic heterocycles. The van der Waals surface area contributed by atoms with Gasteiger partial charge in [-0.25, -0.2) is 4.98 Å². The molecule has 1 aliphatic heterocycles. The monoisotopic (exact) mass is 354 g/mol. The molecule has 136 valence electrons. The van der Waals surface area contributed by atoms with E-state index >= 15 is 0 Å². The van der Waals surface area contributed by atoms with Gasteiger partial charge in [-0.3, -0.25) is 14.5 Å². The summed E-state index contributed by atoms with van der Waals surface area (Å²) in [5.74, 6) is 0.286. The Hall–Kier alpha value is -3.09. The lowest BCUT2D eigenvalue weighted by Gasteiger charge is -2.37. The number of amides is 2. The summed E-state index contributed by atoms with van der Waals surface area (Å²) in [5, 5.41) is 2.82. The first kappa shape index (κ1) is 17.7. The number of pyridine rings is 1. The normalized spacial score (nSPS) is 17.5. The highest BCUT2D eigenvalue weighted by molar-refractivity contribution is 6.07. The summed E-state index contributed by atoms with van der Waals surface area (Å²) in [6.45, 7) is 5.45. The number of hydrogen-bond acceptors (Lipinski definition) is 5. The maximum Gasteiger partial charge on any atom is 0.270 e. The molecule has 2 atom stereocenters. The minimum Gasteiger partial charge on any atom is -0.476 e. The number of nitrogens with zero attached hydrogens (tertiary/aromatic N) is 2. The Bertz CT molecular complexity index is 823. The van der Waals surface area contributed by atoms with Crippen LogP contribution in [0.15, 0.2) is 42.5 Å². The summed E-state index contributed by atoms with van der Waals surface area (Å²) in [6.07, 6.45) is -0.681. The van der Waals surface area contributed by atoms with E-state index < -0.39 is 12.1 Å². The molecule has 2 unspecified atom stereocenters. The zero-order valence-electron chi connectivity index (χ0n) is 15.0. The average molecular weight is 354 g/mol. The van der Waals surface area contributed by atoms with Gasteiger partial charge in [-0.15, -0.1) is 0 Å². The van der Waals surface area contributed by atoms with Crippen LogP contribution in [0.5, 0.6) is 5.75 Å². The molecule has 2 heterocycles. The van der Waals surface area contributed by atoms with E-state index in [9.17, 15) is 9.59 Å². The summed E-state index contributed by atoms with van der Waals surface area (Å²) >= 11 is 0. The fourth-order valence-electron chi connectivity index (χ4n) is 2.82. The quantitative estimate of drug-likeness (QED) is 0.879. The van der Waals surface area contributed by atoms with Gasteiger partial charge in [0.25, 0.3) is 5.91 Å². The van der Waals surface area contributed by atoms with Gasteiger partial charge in [-0.1, -0.05) is 32.0 Å². The van der Waals surface area contributed by atoms with Crippen molar-refractivity contribution >= 4 is 29.1 Å². The van der Waals surface area contributed by atoms with Crippen LogP contribution in [0, 0.1) is 5.92 Å². The molecule has 1 aliphatic rings. The minimum absolute atomic E-state index is 0.0555. The van der Waals surface area contributed by atoms with E-state index in [1.54, 1.807) is 31.2 Å². The molecule has 2 amide bonds. The number of hydrogen-bond donors (Lipinski definition) is 2. The molecule has 0 aliphatic carbocycles. The lowest BCUT2D eigenvalue weighted by atomic mass is 10.0. The van der Waals surface area contributed by atoms with E-state index in [1.165, 1.54) is 4.90 Å². The molecule has 1 aromatic carbocycles. The number of para-hydroxylation sites is 1. The fraction of sp³-hybridized carbons (Fsp3) is 0.316. The third kappa shape index (κ3) is 3.33. The van der Waals surface area contributed by atoms with Gasteiger partial charge in [0, 0.05) is 5.69 Å². The van der Waals surface area contributed by atoms with Crippen LogP contribution in [0.3, 0.4) is 0 Å². The van der Waals surface area contributed by atoms with Gasteiger partial charge in [-0.2, -0.15) is 0 Å². The second-order valence-corrected chi connectivity index (χ2v) is 6.58. The second-order valence-electron chi connectivity index (χ2n) is 6.58. The first-order valence-corrected chi connectivity index (χ1v) is 8.50. The molecule has 3 rings (SSSR count). The van der Waals surface area contributed by atoms with Crippen molar-refractivity contribution in [2.75, 3.05) is 16.0 Å². The highest BCUT2D eigenvalue weighted by Gasteiger charge is 2.41. The number of carbonyl (C=O) groups is 2. The second kappa shape index (κ2) is 7.03. The van der Waals surface area contributed by atoms with Crippen molar-refractivity contribution in [3.8, 4) is 5.75 Å². The molecule has 2 aromatic rings. The molecule has 0 bridgehead atoms. The Morgan fingerprint density at radius 2 is 1.88 bits per heavy atom. The molecule has 0 fully saturated rings. The molecule has 0 saturated heterocycles. The van der Waals surface area contributed by atoms with E-state index in [4.69, 9.17) is 10.5 Å². The number of rotatable bonds is 4. The van der Waals surface area contributed by atoms with Crippen LogP contribution >= 0.6 is 0 Å². The van der Waals surface area contributed by atoms with Crippen LogP contribution in [0.25, 0.3) is 0 Å². The van der Waals surface area contributed by atoms with Gasteiger partial charge in [-0.05, 0) is 37.1 Å². The SMILES string of the molecule is CC(C)C1Oc2ccc(N)nc2N(C(C)C(=O)Nc2ccccc2)C1=O. The zero-order valence-corrected chi connectivity index (χ0v) is 15.0. The van der Waals surface area contributed by atoms with Gasteiger partial charge < -0.3 is 15.8 Å². The number of nitrogen functional groups attached to an aromatic ring is 1. The van der Waals surface area contributed by atoms with Gasteiger partial charge in [0.15, 0.2) is 17.7 Å². The third-order valence-electron chi connectivity index (χ3n) is 4.24. The average Bonchev–Trinajstić information content (AvgIpc) is 2.61. The Kier molecular flexibility index (Phi) is 4.79. The van der Waals surface area contributed by atoms with E-state index in [1.807, 2.05) is 32.0 Å². The van der Waals surface area contributed by atoms with Crippen molar-refractivity contribution in [2.24, 2.45) is 5.92 Å². The molecule has 0 radical (unpaired) electrons. The Morgan fingerprint density at radius 1 is 1.19 bits per heavy atom. The van der Waals surface area contributed by atoms with Gasteiger partial charge in [0.2, 0.25) is 5.91 Å². The first-order valence-electron chi connectivity index (χ1n) is 8.50. The van der Waals surface area contributed by atoms with E-state index in [-0.39, 0.29) is 29.4 Å². The molecule has 7 nitrogen and oxygen atoms in total. The molecule has 0 saturated carbocycles. The summed E-state index contributed by atoms with van der Waals surface area (Å²) in [4.78, 5) is 31.3. The molecule has 3 N–H and O–H groups in total. The predicted octanol–water partition coefficient (Wildman–Crippen LogP) is 2.44. The third-order valence-corrected chi connectivity index (χ3v) is 4.24. The van der Waals surface area contributed by atoms with Gasteiger partial charge in [0.1, 0.15) is 11.9 Å². The Morgan fingerprint density at radius 3 is 2.54 bits per heavy atom. The number of benzene rings is 1. The van der Waals surface area contributed by atoms with Crippen molar-refractivity contribution in [1.29, 1.82) is 0 Å². The number of ether oxygens (including phenoxy) is 1. The Labute approximate surface area is 152 Å². The van der Waals surface area contributed by atoms with E-state index in [0.717, 1.165) is 0 Å². The van der Waals surface area contributed by atoms with Crippen LogP contribution in [-0.2, 0) is 9.59 Å². The molecular weight excluding hydrogens is 332 g/mol. The van der Waals surface area contributed by atoms with Crippen LogP contribution < -0.4 is 20.7 Å². The zero-order chi connectivity index (χ0) is 18.8. The number of nitrogens with one attached hydrogen (secondary N) is 1. The number of aromatic nitrogens is 1. The summed E-state index contributed by atoms with van der Waals surface area (Å²) in [5.41, 5.74) is 6.44. The predicted molar refractivity (Wildman–Crippen MR) is 99.9 cm³/mol. The topological polar surface area (TPSA) is 97.6 Å². The maximum absolute atomic E-state index is 13.0. The van der Waals surface area contributed by atoms with Crippen molar-refractivity contribution in [2.45, 2.75) is 32.9 Å². The standard InChI is InChI=1S/C19H22N4O3/c1-11(2)16-19(25)23(17-14(26-16)9-10-15(20)22-17)12(3)18(24)21-13-7-5-4-6-8-13/h4-12,16H,1-3H3,(H2,20,22)(H,21,24). The number of fused-ring (bicyclic) bond motifs is 1. The smallest absolute Gasteiger partial charge is 0.270 e. The molecular formula is C19H22N4O3. The minimum atomic E-state index is -0.777. The van der Waals surface area contributed by atoms with Crippen molar-refractivity contribution < 1.29 is 14.3 Å². The molecule has 0 spiro atoms. The summed E-state index contributed by atoms with van der Waals surface area (Å²) in [7, 11) is 0. The summed E-state index contributed by atoms with van der Waals surface area (Å²) in [6, 6.07) is 11.6. The molecule has 7 heteroatoms. The van der Waals surface area contributed by atoms with Crippen LogP contribution in [0.1, 0.15) is 20.8 Å². The van der Waals surface area contributed by atoms with Crippen molar-refractivity contribution in [3.05, 3.63) is 42.5 Å². The lowest BCUT2D eigenvalue weighted by Crippen LogP contribution is -2.55. The van der Waals surface area contributed by atoms with Crippen molar-refractivity contribution in [1.82, 2.24) is 4.98 Å². The number of carbonyl (C=O) groups excluding carboxylic acids is 2. The first-order chi connectivity index (χ1) is 12.4. The van der Waals surface area contributed by atoms with Crippen LogP contribution in [0.2, 0.25) is 0 Å². The van der Waals surface area contributed by atoms with Crippen LogP contribution in [-0.4, -0.2) is 28.9 Å². The van der Waals surface area contributed by atoms with Gasteiger partial charge in [0.05, 0.1) is 0 Å². The number of anilines is 3. The highest BCUT2D eigenvalue weighted by Crippen LogP contribution is 2.36. The Balaban J connectivity index is 1.94. The van der Waals surface area contributed by atoms with E-state index in [0.29, 0.717) is 11.4 Å².